The van der Waals surface area contributed by atoms with E-state index in [1.807, 2.05) is 32.9 Å². The number of benzene rings is 1. The highest BCUT2D eigenvalue weighted by Gasteiger charge is 2.24. The fourth-order valence-corrected chi connectivity index (χ4v) is 3.08. The summed E-state index contributed by atoms with van der Waals surface area (Å²) in [7, 11) is 0. The van der Waals surface area contributed by atoms with Crippen LogP contribution in [0.15, 0.2) is 18.2 Å². The van der Waals surface area contributed by atoms with Crippen molar-refractivity contribution in [1.29, 1.82) is 0 Å². The third kappa shape index (κ3) is 4.83. The number of piperidine rings is 1. The topological polar surface area (TPSA) is 52.6 Å². The van der Waals surface area contributed by atoms with E-state index in [4.69, 9.17) is 0 Å². The number of carbonyl (C=O) groups excluding carboxylic acids is 1. The molecule has 0 radical (unpaired) electrons. The van der Waals surface area contributed by atoms with Crippen molar-refractivity contribution in [2.75, 3.05) is 25.0 Å². The lowest BCUT2D eigenvalue weighted by molar-refractivity contribution is -0.118. The summed E-state index contributed by atoms with van der Waals surface area (Å²) in [6, 6.07) is 6.06. The van der Waals surface area contributed by atoms with Crippen molar-refractivity contribution in [3.8, 4) is 0 Å². The van der Waals surface area contributed by atoms with Gasteiger partial charge in [-0.15, -0.1) is 0 Å². The van der Waals surface area contributed by atoms with Gasteiger partial charge in [0.05, 0.1) is 12.6 Å². The Morgan fingerprint density at radius 3 is 2.67 bits per heavy atom. The first-order valence-corrected chi connectivity index (χ1v) is 7.72. The molecular weight excluding hydrogens is 264 g/mol. The Morgan fingerprint density at radius 1 is 1.38 bits per heavy atom. The molecule has 0 aromatic heterocycles. The number of aryl methyl sites for hydroxylation is 2. The lowest BCUT2D eigenvalue weighted by Gasteiger charge is -2.33. The largest absolute Gasteiger partial charge is 0.393 e. The van der Waals surface area contributed by atoms with Gasteiger partial charge in [0.15, 0.2) is 0 Å². The monoisotopic (exact) mass is 290 g/mol. The smallest absolute Gasteiger partial charge is 0.238 e. The van der Waals surface area contributed by atoms with Crippen molar-refractivity contribution in [1.82, 2.24) is 4.90 Å². The number of nitrogens with zero attached hydrogens (tertiary/aromatic N) is 1. The van der Waals surface area contributed by atoms with Gasteiger partial charge in [0, 0.05) is 12.2 Å². The average molecular weight is 290 g/mol. The molecule has 2 atom stereocenters. The van der Waals surface area contributed by atoms with Crippen LogP contribution < -0.4 is 5.32 Å². The van der Waals surface area contributed by atoms with Crippen LogP contribution >= 0.6 is 0 Å². The van der Waals surface area contributed by atoms with Crippen LogP contribution in [0.1, 0.15) is 30.9 Å². The first-order chi connectivity index (χ1) is 9.94. The van der Waals surface area contributed by atoms with Gasteiger partial charge in [-0.25, -0.2) is 0 Å². The van der Waals surface area contributed by atoms with Crippen LogP contribution in [-0.2, 0) is 4.79 Å². The number of likely N-dealkylation sites (tertiary alicyclic amines) is 1. The van der Waals surface area contributed by atoms with Crippen molar-refractivity contribution in [2.24, 2.45) is 5.92 Å². The van der Waals surface area contributed by atoms with Gasteiger partial charge in [0.2, 0.25) is 5.91 Å². The molecule has 0 spiro atoms. The maximum absolute atomic E-state index is 12.2. The number of rotatable bonds is 4. The van der Waals surface area contributed by atoms with Crippen LogP contribution in [0.3, 0.4) is 0 Å². The van der Waals surface area contributed by atoms with Crippen molar-refractivity contribution >= 4 is 11.6 Å². The number of hydrogen-bond acceptors (Lipinski definition) is 3. The maximum Gasteiger partial charge on any atom is 0.238 e. The Morgan fingerprint density at radius 2 is 2.05 bits per heavy atom. The average Bonchev–Trinajstić information content (AvgIpc) is 2.37. The van der Waals surface area contributed by atoms with Crippen LogP contribution in [0.5, 0.6) is 0 Å². The summed E-state index contributed by atoms with van der Waals surface area (Å²) >= 11 is 0. The van der Waals surface area contributed by atoms with Crippen LogP contribution in [0.2, 0.25) is 0 Å². The van der Waals surface area contributed by atoms with E-state index in [2.05, 4.69) is 16.3 Å². The van der Waals surface area contributed by atoms with Crippen LogP contribution in [0, 0.1) is 19.8 Å². The van der Waals surface area contributed by atoms with Crippen molar-refractivity contribution < 1.29 is 9.90 Å². The van der Waals surface area contributed by atoms with Gasteiger partial charge >= 0.3 is 0 Å². The minimum atomic E-state index is -0.296. The molecule has 1 aromatic carbocycles. The van der Waals surface area contributed by atoms with Gasteiger partial charge in [0.25, 0.3) is 0 Å². The number of nitrogens with one attached hydrogen (secondary N) is 1. The van der Waals surface area contributed by atoms with Crippen LogP contribution in [0.4, 0.5) is 5.69 Å². The number of carbonyl (C=O) groups is 1. The molecule has 2 unspecified atom stereocenters. The van der Waals surface area contributed by atoms with E-state index in [1.54, 1.807) is 0 Å². The minimum Gasteiger partial charge on any atom is -0.393 e. The number of anilines is 1. The molecule has 1 fully saturated rings. The third-order valence-electron chi connectivity index (χ3n) is 4.10. The first-order valence-electron chi connectivity index (χ1n) is 7.72. The molecule has 0 saturated carbocycles. The third-order valence-corrected chi connectivity index (χ3v) is 4.10. The number of hydrogen-bond donors (Lipinski definition) is 2. The standard InChI is InChI=1S/C17H26N2O2/c1-12-7-13(2)9-16(8-12)18-17(21)11-19-6-4-5-15(10-19)14(3)20/h7-9,14-15,20H,4-6,10-11H2,1-3H3,(H,18,21). The summed E-state index contributed by atoms with van der Waals surface area (Å²) in [5.41, 5.74) is 3.16. The number of aliphatic hydroxyl groups is 1. The summed E-state index contributed by atoms with van der Waals surface area (Å²) in [6.45, 7) is 8.03. The number of aliphatic hydroxyl groups excluding tert-OH is 1. The molecule has 21 heavy (non-hydrogen) atoms. The van der Waals surface area contributed by atoms with Gasteiger partial charge < -0.3 is 10.4 Å². The van der Waals surface area contributed by atoms with Crippen LogP contribution in [0.25, 0.3) is 0 Å². The molecule has 4 heteroatoms. The van der Waals surface area contributed by atoms with Gasteiger partial charge in [-0.05, 0) is 69.3 Å². The van der Waals surface area contributed by atoms with Crippen molar-refractivity contribution in [3.63, 3.8) is 0 Å². The molecule has 1 aliphatic heterocycles. The molecule has 2 rings (SSSR count). The molecular formula is C17H26N2O2. The van der Waals surface area contributed by atoms with E-state index < -0.39 is 0 Å². The summed E-state index contributed by atoms with van der Waals surface area (Å²) < 4.78 is 0. The predicted octanol–water partition coefficient (Wildman–Crippen LogP) is 2.33. The van der Waals surface area contributed by atoms with Gasteiger partial charge in [0.1, 0.15) is 0 Å². The summed E-state index contributed by atoms with van der Waals surface area (Å²) in [4.78, 5) is 14.3. The Bertz CT molecular complexity index is 479. The SMILES string of the molecule is Cc1cc(C)cc(NC(=O)CN2CCCC(C(C)O)C2)c1. The Labute approximate surface area is 127 Å². The Kier molecular flexibility index (Phi) is 5.37. The highest BCUT2D eigenvalue weighted by molar-refractivity contribution is 5.92. The second-order valence-electron chi connectivity index (χ2n) is 6.30. The second kappa shape index (κ2) is 7.05. The van der Waals surface area contributed by atoms with E-state index in [-0.39, 0.29) is 17.9 Å². The quantitative estimate of drug-likeness (QED) is 0.895. The molecule has 1 aromatic rings. The minimum absolute atomic E-state index is 0.0197. The van der Waals surface area contributed by atoms with E-state index >= 15 is 0 Å². The highest BCUT2D eigenvalue weighted by Crippen LogP contribution is 2.20. The lowest BCUT2D eigenvalue weighted by Crippen LogP contribution is -2.43. The zero-order valence-corrected chi connectivity index (χ0v) is 13.2. The molecule has 1 heterocycles. The van der Waals surface area contributed by atoms with Crippen molar-refractivity contribution in [2.45, 2.75) is 39.7 Å². The highest BCUT2D eigenvalue weighted by atomic mass is 16.3. The van der Waals surface area contributed by atoms with E-state index in [9.17, 15) is 9.90 Å². The fraction of sp³-hybridized carbons (Fsp3) is 0.588. The van der Waals surface area contributed by atoms with Gasteiger partial charge in [-0.3, -0.25) is 9.69 Å². The lowest BCUT2D eigenvalue weighted by atomic mass is 9.93. The van der Waals surface area contributed by atoms with Gasteiger partial charge in [-0.1, -0.05) is 6.07 Å². The molecule has 4 nitrogen and oxygen atoms in total. The number of amides is 1. The molecule has 0 aliphatic carbocycles. The van der Waals surface area contributed by atoms with E-state index in [1.165, 1.54) is 0 Å². The molecule has 2 N–H and O–H groups in total. The maximum atomic E-state index is 12.2. The Balaban J connectivity index is 1.89. The second-order valence-corrected chi connectivity index (χ2v) is 6.30. The van der Waals surface area contributed by atoms with Crippen molar-refractivity contribution in [3.05, 3.63) is 29.3 Å². The fourth-order valence-electron chi connectivity index (χ4n) is 3.08. The molecule has 116 valence electrons. The zero-order chi connectivity index (χ0) is 15.4. The first kappa shape index (κ1) is 16.0. The Hall–Kier alpha value is -1.39. The molecule has 0 bridgehead atoms. The molecule has 1 saturated heterocycles. The van der Waals surface area contributed by atoms with Crippen LogP contribution in [-0.4, -0.2) is 41.7 Å². The zero-order valence-electron chi connectivity index (χ0n) is 13.2. The summed E-state index contributed by atoms with van der Waals surface area (Å²) in [5, 5.41) is 12.7. The molecule has 1 aliphatic rings. The van der Waals surface area contributed by atoms with E-state index in [0.29, 0.717) is 6.54 Å². The van der Waals surface area contributed by atoms with Gasteiger partial charge in [-0.2, -0.15) is 0 Å². The molecule has 1 amide bonds. The normalized spacial score (nSPS) is 21.0. The summed E-state index contributed by atoms with van der Waals surface area (Å²) in [5.74, 6) is 0.305. The predicted molar refractivity (Wildman–Crippen MR) is 85.4 cm³/mol. The van der Waals surface area contributed by atoms with E-state index in [0.717, 1.165) is 42.7 Å². The summed E-state index contributed by atoms with van der Waals surface area (Å²) in [6.07, 6.45) is 1.80.